The van der Waals surface area contributed by atoms with Crippen LogP contribution in [0.2, 0.25) is 0 Å². The summed E-state index contributed by atoms with van der Waals surface area (Å²) in [7, 11) is 4.53. The lowest BCUT2D eigenvalue weighted by Gasteiger charge is -2.12. The van der Waals surface area contributed by atoms with E-state index in [9.17, 15) is 9.59 Å². The van der Waals surface area contributed by atoms with Gasteiger partial charge in [0.25, 0.3) is 0 Å². The summed E-state index contributed by atoms with van der Waals surface area (Å²) >= 11 is 0. The van der Waals surface area contributed by atoms with E-state index in [1.54, 1.807) is 49.4 Å². The van der Waals surface area contributed by atoms with E-state index in [1.807, 2.05) is 0 Å². The van der Waals surface area contributed by atoms with Crippen molar-refractivity contribution in [3.63, 3.8) is 0 Å². The Morgan fingerprint density at radius 3 is 2.17 bits per heavy atom. The Hall–Kier alpha value is -3.48. The molecule has 0 amide bonds. The summed E-state index contributed by atoms with van der Waals surface area (Å²) in [6.07, 6.45) is 2.94. The molecule has 0 saturated carbocycles. The van der Waals surface area contributed by atoms with Crippen LogP contribution in [0.1, 0.15) is 22.8 Å². The number of hydrogen-bond donors (Lipinski definition) is 0. The van der Waals surface area contributed by atoms with Crippen LogP contribution in [-0.2, 0) is 9.53 Å². The fraction of sp³-hybridized carbons (Fsp3) is 0.273. The molecule has 0 bridgehead atoms. The quantitative estimate of drug-likeness (QED) is 0.343. The van der Waals surface area contributed by atoms with Crippen LogP contribution < -0.4 is 18.9 Å². The molecule has 0 N–H and O–H groups in total. The molecule has 0 aliphatic rings. The third-order valence-corrected chi connectivity index (χ3v) is 3.95. The number of carbonyl (C=O) groups excluding carboxylic acids is 2. The lowest BCUT2D eigenvalue weighted by molar-refractivity contribution is -0.137. The topological polar surface area (TPSA) is 80.3 Å². The van der Waals surface area contributed by atoms with Crippen molar-refractivity contribution in [2.75, 3.05) is 34.5 Å². The highest BCUT2D eigenvalue weighted by atomic mass is 16.5. The number of hydrogen-bond acceptors (Lipinski definition) is 7. The third kappa shape index (κ3) is 6.00. The van der Waals surface area contributed by atoms with Gasteiger partial charge in [0.15, 0.2) is 35.4 Å². The molecule has 2 aromatic rings. The Bertz CT molecular complexity index is 887. The molecule has 0 spiro atoms. The first kappa shape index (κ1) is 21.8. The maximum absolute atomic E-state index is 12.5. The van der Waals surface area contributed by atoms with Gasteiger partial charge < -0.3 is 23.7 Å². The van der Waals surface area contributed by atoms with Gasteiger partial charge in [0.2, 0.25) is 0 Å². The van der Waals surface area contributed by atoms with Crippen LogP contribution in [0.4, 0.5) is 0 Å². The number of ether oxygens (including phenoxy) is 5. The maximum atomic E-state index is 12.5. The zero-order valence-corrected chi connectivity index (χ0v) is 16.9. The molecule has 0 aliphatic heterocycles. The summed E-state index contributed by atoms with van der Waals surface area (Å²) in [4.78, 5) is 23.9. The summed E-state index contributed by atoms with van der Waals surface area (Å²) in [5.41, 5.74) is 1.17. The fourth-order valence-electron chi connectivity index (χ4n) is 2.50. The van der Waals surface area contributed by atoms with Crippen LogP contribution in [0, 0.1) is 0 Å². The molecule has 29 heavy (non-hydrogen) atoms. The smallest absolute Gasteiger partial charge is 0.330 e. The summed E-state index contributed by atoms with van der Waals surface area (Å²) < 4.78 is 26.2. The number of ketones is 1. The highest BCUT2D eigenvalue weighted by Crippen LogP contribution is 2.30. The minimum Gasteiger partial charge on any atom is -0.493 e. The molecule has 0 saturated heterocycles. The van der Waals surface area contributed by atoms with Gasteiger partial charge in [0.1, 0.15) is 0 Å². The number of methoxy groups -OCH3 is 3. The molecule has 0 fully saturated rings. The molecule has 0 unspecified atom stereocenters. The predicted octanol–water partition coefficient (Wildman–Crippen LogP) is 3.55. The van der Waals surface area contributed by atoms with Gasteiger partial charge >= 0.3 is 5.97 Å². The van der Waals surface area contributed by atoms with E-state index < -0.39 is 5.97 Å². The Balaban J connectivity index is 2.08. The Kier molecular flexibility index (Phi) is 8.09. The number of rotatable bonds is 10. The molecule has 2 rings (SSSR count). The van der Waals surface area contributed by atoms with E-state index in [0.29, 0.717) is 35.2 Å². The van der Waals surface area contributed by atoms with Crippen LogP contribution in [0.15, 0.2) is 42.5 Å². The van der Waals surface area contributed by atoms with Gasteiger partial charge in [-0.1, -0.05) is 6.07 Å². The lowest BCUT2D eigenvalue weighted by Crippen LogP contribution is -2.12. The van der Waals surface area contributed by atoms with Crippen LogP contribution in [0.3, 0.4) is 0 Å². The van der Waals surface area contributed by atoms with Crippen LogP contribution in [0.5, 0.6) is 23.0 Å². The highest BCUT2D eigenvalue weighted by Gasteiger charge is 2.13. The maximum Gasteiger partial charge on any atom is 0.330 e. The Morgan fingerprint density at radius 2 is 1.52 bits per heavy atom. The van der Waals surface area contributed by atoms with E-state index in [0.717, 1.165) is 5.56 Å². The van der Waals surface area contributed by atoms with Gasteiger partial charge in [-0.3, -0.25) is 4.79 Å². The van der Waals surface area contributed by atoms with E-state index in [2.05, 4.69) is 0 Å². The minimum absolute atomic E-state index is 0.177. The van der Waals surface area contributed by atoms with Gasteiger partial charge in [-0.25, -0.2) is 4.79 Å². The number of Topliss-reactive ketones (excluding diaryl/α,β-unsaturated/α-hetero) is 1. The van der Waals surface area contributed by atoms with Gasteiger partial charge in [0.05, 0.1) is 27.9 Å². The second-order valence-electron chi connectivity index (χ2n) is 5.78. The van der Waals surface area contributed by atoms with E-state index in [4.69, 9.17) is 23.7 Å². The van der Waals surface area contributed by atoms with E-state index in [-0.39, 0.29) is 12.4 Å². The van der Waals surface area contributed by atoms with Crippen LogP contribution in [-0.4, -0.2) is 46.3 Å². The molecule has 2 aromatic carbocycles. The van der Waals surface area contributed by atoms with Crippen molar-refractivity contribution in [2.24, 2.45) is 0 Å². The van der Waals surface area contributed by atoms with Crippen molar-refractivity contribution < 1.29 is 33.3 Å². The summed E-state index contributed by atoms with van der Waals surface area (Å²) in [6.45, 7) is 1.88. The van der Waals surface area contributed by atoms with Crippen molar-refractivity contribution in [2.45, 2.75) is 6.92 Å². The molecule has 154 valence electrons. The molecule has 0 aliphatic carbocycles. The third-order valence-electron chi connectivity index (χ3n) is 3.95. The zero-order valence-electron chi connectivity index (χ0n) is 16.9. The first-order valence-electron chi connectivity index (χ1n) is 8.93. The Labute approximate surface area is 169 Å². The average Bonchev–Trinajstić information content (AvgIpc) is 2.75. The second-order valence-corrected chi connectivity index (χ2v) is 5.78. The molecular weight excluding hydrogens is 376 g/mol. The van der Waals surface area contributed by atoms with Crippen LogP contribution in [0.25, 0.3) is 6.08 Å². The average molecular weight is 400 g/mol. The van der Waals surface area contributed by atoms with Crippen molar-refractivity contribution >= 4 is 17.8 Å². The van der Waals surface area contributed by atoms with Gasteiger partial charge in [-0.15, -0.1) is 0 Å². The molecule has 0 atom stereocenters. The first-order chi connectivity index (χ1) is 14.0. The van der Waals surface area contributed by atoms with Gasteiger partial charge in [0, 0.05) is 11.6 Å². The van der Waals surface area contributed by atoms with Gasteiger partial charge in [-0.05, 0) is 48.9 Å². The van der Waals surface area contributed by atoms with E-state index >= 15 is 0 Å². The number of carbonyl (C=O) groups is 2. The standard InChI is InChI=1S/C22H24O7/c1-5-28-22(24)11-7-15-6-9-19(20(12-15)26-3)29-14-17(23)16-8-10-18(25-2)21(13-16)27-4/h6-13H,5,14H2,1-4H3. The summed E-state index contributed by atoms with van der Waals surface area (Å²) in [5.74, 6) is 1.21. The predicted molar refractivity (Wildman–Crippen MR) is 108 cm³/mol. The van der Waals surface area contributed by atoms with Crippen molar-refractivity contribution in [3.05, 3.63) is 53.6 Å². The van der Waals surface area contributed by atoms with Gasteiger partial charge in [-0.2, -0.15) is 0 Å². The second kappa shape index (κ2) is 10.8. The fourth-order valence-corrected chi connectivity index (χ4v) is 2.50. The van der Waals surface area contributed by atoms with E-state index in [1.165, 1.54) is 27.4 Å². The normalized spacial score (nSPS) is 10.5. The molecular formula is C22H24O7. The summed E-state index contributed by atoms with van der Waals surface area (Å²) in [6, 6.07) is 10.0. The molecule has 0 aromatic heterocycles. The monoisotopic (exact) mass is 400 g/mol. The molecule has 7 nitrogen and oxygen atoms in total. The molecule has 7 heteroatoms. The summed E-state index contributed by atoms with van der Waals surface area (Å²) in [5, 5.41) is 0. The number of esters is 1. The van der Waals surface area contributed by atoms with Crippen molar-refractivity contribution in [1.82, 2.24) is 0 Å². The number of benzene rings is 2. The highest BCUT2D eigenvalue weighted by molar-refractivity contribution is 5.98. The lowest BCUT2D eigenvalue weighted by atomic mass is 10.1. The largest absolute Gasteiger partial charge is 0.493 e. The van der Waals surface area contributed by atoms with Crippen molar-refractivity contribution in [1.29, 1.82) is 0 Å². The Morgan fingerprint density at radius 1 is 0.862 bits per heavy atom. The van der Waals surface area contributed by atoms with Crippen LogP contribution >= 0.6 is 0 Å². The minimum atomic E-state index is -0.424. The SMILES string of the molecule is CCOC(=O)C=Cc1ccc(OCC(=O)c2ccc(OC)c(OC)c2)c(OC)c1. The zero-order chi connectivity index (χ0) is 21.2. The van der Waals surface area contributed by atoms with Crippen molar-refractivity contribution in [3.8, 4) is 23.0 Å². The molecule has 0 radical (unpaired) electrons. The first-order valence-corrected chi connectivity index (χ1v) is 8.93. The molecule has 0 heterocycles.